The largest absolute Gasteiger partial charge is 0.342 e. The Morgan fingerprint density at radius 1 is 1.18 bits per heavy atom. The third-order valence-electron chi connectivity index (χ3n) is 4.31. The van der Waals surface area contributed by atoms with Gasteiger partial charge in [-0.05, 0) is 65.3 Å². The molecule has 9 nitrogen and oxygen atoms in total. The van der Waals surface area contributed by atoms with Gasteiger partial charge in [0.05, 0.1) is 11.7 Å². The standard InChI is InChI=1S/C18H18N8OS/c1-28-11-9-15(17-22-21-16-4-2-3-10-25(16)17)20-18(27)13-5-7-14(8-6-13)26-12-19-23-24-26/h2-8,10,12,15H,9,11H2,1H3,(H,20,27)/t15-/m0/s1. The molecule has 3 aromatic heterocycles. The molecule has 10 heteroatoms. The Bertz CT molecular complexity index is 1060. The van der Waals surface area contributed by atoms with Gasteiger partial charge in [-0.3, -0.25) is 9.20 Å². The van der Waals surface area contributed by atoms with Crippen LogP contribution in [0.25, 0.3) is 11.3 Å². The summed E-state index contributed by atoms with van der Waals surface area (Å²) < 4.78 is 3.44. The molecule has 0 radical (unpaired) electrons. The second-order valence-electron chi connectivity index (χ2n) is 6.10. The number of hydrogen-bond donors (Lipinski definition) is 1. The molecule has 0 saturated carbocycles. The number of nitrogens with zero attached hydrogens (tertiary/aromatic N) is 7. The SMILES string of the molecule is CSCC[C@H](NC(=O)c1ccc(-n2cnnn2)cc1)c1nnc2ccccn12. The van der Waals surface area contributed by atoms with E-state index in [1.165, 1.54) is 11.0 Å². The van der Waals surface area contributed by atoms with Crippen LogP contribution in [-0.2, 0) is 0 Å². The van der Waals surface area contributed by atoms with Crippen LogP contribution in [0, 0.1) is 0 Å². The highest BCUT2D eigenvalue weighted by Gasteiger charge is 2.21. The summed E-state index contributed by atoms with van der Waals surface area (Å²) in [5.41, 5.74) is 2.09. The van der Waals surface area contributed by atoms with E-state index in [9.17, 15) is 4.79 Å². The van der Waals surface area contributed by atoms with E-state index < -0.39 is 0 Å². The highest BCUT2D eigenvalue weighted by molar-refractivity contribution is 7.98. The van der Waals surface area contributed by atoms with Crippen LogP contribution in [0.4, 0.5) is 0 Å². The van der Waals surface area contributed by atoms with Crippen LogP contribution in [-0.4, -0.2) is 52.7 Å². The maximum absolute atomic E-state index is 12.8. The first-order valence-corrected chi connectivity index (χ1v) is 10.1. The maximum atomic E-state index is 12.8. The lowest BCUT2D eigenvalue weighted by Gasteiger charge is -2.17. The summed E-state index contributed by atoms with van der Waals surface area (Å²) in [6.45, 7) is 0. The van der Waals surface area contributed by atoms with Gasteiger partial charge in [-0.2, -0.15) is 11.8 Å². The van der Waals surface area contributed by atoms with Crippen molar-refractivity contribution >= 4 is 23.3 Å². The minimum absolute atomic E-state index is 0.165. The summed E-state index contributed by atoms with van der Waals surface area (Å²) in [6, 6.07) is 12.6. The number of carbonyl (C=O) groups is 1. The predicted molar refractivity (Wildman–Crippen MR) is 105 cm³/mol. The smallest absolute Gasteiger partial charge is 0.251 e. The van der Waals surface area contributed by atoms with Crippen molar-refractivity contribution in [2.75, 3.05) is 12.0 Å². The van der Waals surface area contributed by atoms with Crippen molar-refractivity contribution in [2.24, 2.45) is 0 Å². The van der Waals surface area contributed by atoms with E-state index in [0.717, 1.165) is 29.3 Å². The number of pyridine rings is 1. The van der Waals surface area contributed by atoms with Crippen molar-refractivity contribution in [2.45, 2.75) is 12.5 Å². The number of carbonyl (C=O) groups excluding carboxylic acids is 1. The number of aromatic nitrogens is 7. The fraction of sp³-hybridized carbons (Fsp3) is 0.222. The number of tetrazole rings is 1. The number of benzene rings is 1. The lowest BCUT2D eigenvalue weighted by atomic mass is 10.1. The third-order valence-corrected chi connectivity index (χ3v) is 4.95. The zero-order valence-corrected chi connectivity index (χ0v) is 16.0. The summed E-state index contributed by atoms with van der Waals surface area (Å²) in [5.74, 6) is 1.45. The van der Waals surface area contributed by atoms with Gasteiger partial charge in [0.15, 0.2) is 11.5 Å². The van der Waals surface area contributed by atoms with Gasteiger partial charge in [0.2, 0.25) is 0 Å². The molecule has 4 aromatic rings. The number of fused-ring (bicyclic) bond motifs is 1. The van der Waals surface area contributed by atoms with Gasteiger partial charge in [-0.1, -0.05) is 6.07 Å². The Balaban J connectivity index is 1.55. The summed E-state index contributed by atoms with van der Waals surface area (Å²) in [5, 5.41) is 22.7. The van der Waals surface area contributed by atoms with Crippen LogP contribution in [0.5, 0.6) is 0 Å². The van der Waals surface area contributed by atoms with Crippen molar-refractivity contribution in [3.05, 3.63) is 66.4 Å². The zero-order valence-electron chi connectivity index (χ0n) is 15.1. The van der Waals surface area contributed by atoms with Gasteiger partial charge in [0, 0.05) is 11.8 Å². The van der Waals surface area contributed by atoms with E-state index in [0.29, 0.717) is 5.56 Å². The minimum Gasteiger partial charge on any atom is -0.342 e. The summed E-state index contributed by atoms with van der Waals surface area (Å²) in [7, 11) is 0. The van der Waals surface area contributed by atoms with Gasteiger partial charge in [0.25, 0.3) is 5.91 Å². The molecule has 0 saturated heterocycles. The Labute approximate surface area is 165 Å². The average Bonchev–Trinajstić information content (AvgIpc) is 3.41. The lowest BCUT2D eigenvalue weighted by molar-refractivity contribution is 0.0934. The van der Waals surface area contributed by atoms with Crippen molar-refractivity contribution in [3.63, 3.8) is 0 Å². The molecule has 1 N–H and O–H groups in total. The fourth-order valence-corrected chi connectivity index (χ4v) is 3.36. The molecule has 0 aliphatic rings. The molecule has 1 atom stereocenters. The summed E-state index contributed by atoms with van der Waals surface area (Å²) in [6.07, 6.45) is 6.21. The minimum atomic E-state index is -0.239. The van der Waals surface area contributed by atoms with Crippen LogP contribution < -0.4 is 5.32 Å². The van der Waals surface area contributed by atoms with Gasteiger partial charge in [-0.25, -0.2) is 4.68 Å². The highest BCUT2D eigenvalue weighted by atomic mass is 32.2. The molecule has 0 bridgehead atoms. The van der Waals surface area contributed by atoms with E-state index in [1.54, 1.807) is 36.0 Å². The number of nitrogens with one attached hydrogen (secondary N) is 1. The summed E-state index contributed by atoms with van der Waals surface area (Å²) in [4.78, 5) is 12.8. The van der Waals surface area contributed by atoms with E-state index in [1.807, 2.05) is 35.1 Å². The molecule has 3 heterocycles. The topological polar surface area (TPSA) is 103 Å². The molecule has 4 rings (SSSR count). The van der Waals surface area contributed by atoms with Crippen LogP contribution in [0.1, 0.15) is 28.6 Å². The second-order valence-corrected chi connectivity index (χ2v) is 7.08. The Hall–Kier alpha value is -3.27. The Kier molecular flexibility index (Phi) is 5.29. The molecule has 1 amide bonds. The molecule has 1 aromatic carbocycles. The number of thioether (sulfide) groups is 1. The number of hydrogen-bond acceptors (Lipinski definition) is 7. The number of rotatable bonds is 7. The van der Waals surface area contributed by atoms with Crippen LogP contribution in [0.2, 0.25) is 0 Å². The van der Waals surface area contributed by atoms with E-state index in [2.05, 4.69) is 31.0 Å². The van der Waals surface area contributed by atoms with Gasteiger partial charge in [-0.15, -0.1) is 15.3 Å². The first-order chi connectivity index (χ1) is 13.8. The fourth-order valence-electron chi connectivity index (χ4n) is 2.89. The first kappa shape index (κ1) is 18.1. The molecule has 142 valence electrons. The highest BCUT2D eigenvalue weighted by Crippen LogP contribution is 2.19. The Morgan fingerprint density at radius 2 is 2.04 bits per heavy atom. The lowest BCUT2D eigenvalue weighted by Crippen LogP contribution is -2.30. The zero-order chi connectivity index (χ0) is 19.3. The van der Waals surface area contributed by atoms with Crippen LogP contribution >= 0.6 is 11.8 Å². The third kappa shape index (κ3) is 3.72. The van der Waals surface area contributed by atoms with E-state index >= 15 is 0 Å². The first-order valence-electron chi connectivity index (χ1n) is 8.69. The van der Waals surface area contributed by atoms with Gasteiger partial charge < -0.3 is 5.32 Å². The van der Waals surface area contributed by atoms with Crippen LogP contribution in [0.15, 0.2) is 55.0 Å². The van der Waals surface area contributed by atoms with E-state index in [-0.39, 0.29) is 11.9 Å². The van der Waals surface area contributed by atoms with Gasteiger partial charge in [0.1, 0.15) is 6.33 Å². The van der Waals surface area contributed by atoms with Crippen molar-refractivity contribution in [1.82, 2.24) is 40.1 Å². The average molecular weight is 394 g/mol. The molecule has 0 fully saturated rings. The summed E-state index contributed by atoms with van der Waals surface area (Å²) >= 11 is 1.73. The normalized spacial score (nSPS) is 12.2. The molecule has 0 unspecified atom stereocenters. The molecule has 0 aliphatic heterocycles. The molecule has 28 heavy (non-hydrogen) atoms. The van der Waals surface area contributed by atoms with Crippen molar-refractivity contribution < 1.29 is 4.79 Å². The van der Waals surface area contributed by atoms with Crippen molar-refractivity contribution in [3.8, 4) is 5.69 Å². The van der Waals surface area contributed by atoms with Gasteiger partial charge >= 0.3 is 0 Å². The maximum Gasteiger partial charge on any atom is 0.251 e. The Morgan fingerprint density at radius 3 is 2.79 bits per heavy atom. The molecular formula is C18H18N8OS. The van der Waals surface area contributed by atoms with E-state index in [4.69, 9.17) is 0 Å². The quantitative estimate of drug-likeness (QED) is 0.511. The predicted octanol–water partition coefficient (Wildman–Crippen LogP) is 1.93. The number of amides is 1. The molecular weight excluding hydrogens is 376 g/mol. The monoisotopic (exact) mass is 394 g/mol. The van der Waals surface area contributed by atoms with Crippen LogP contribution in [0.3, 0.4) is 0 Å². The molecule has 0 aliphatic carbocycles. The molecule has 0 spiro atoms. The van der Waals surface area contributed by atoms with Crippen molar-refractivity contribution in [1.29, 1.82) is 0 Å². The second kappa shape index (κ2) is 8.17.